The molecule has 4 heteroatoms. The fraction of sp³-hybridized carbons (Fsp3) is 0.400. The largest absolute Gasteiger partial charge is 0.378 e. The molecule has 78 valence electrons. The highest BCUT2D eigenvalue weighted by Gasteiger charge is 2.17. The first-order valence-corrected chi connectivity index (χ1v) is 4.43. The summed E-state index contributed by atoms with van der Waals surface area (Å²) >= 11 is 0. The predicted molar refractivity (Wildman–Crippen MR) is 55.2 cm³/mol. The van der Waals surface area contributed by atoms with E-state index in [4.69, 9.17) is 4.74 Å². The number of nitrogens with one attached hydrogen (secondary N) is 1. The van der Waals surface area contributed by atoms with E-state index >= 15 is 0 Å². The van der Waals surface area contributed by atoms with Gasteiger partial charge < -0.3 is 10.1 Å². The van der Waals surface area contributed by atoms with Crippen LogP contribution in [-0.4, -0.2) is 19.8 Å². The van der Waals surface area contributed by atoms with Crippen molar-refractivity contribution in [2.45, 2.75) is 6.04 Å². The van der Waals surface area contributed by atoms with Gasteiger partial charge in [-0.15, -0.1) is 12.4 Å². The number of ether oxygens (including phenoxy) is 1. The summed E-state index contributed by atoms with van der Waals surface area (Å²) in [6.07, 6.45) is 0. The third-order valence-electron chi connectivity index (χ3n) is 2.20. The van der Waals surface area contributed by atoms with Gasteiger partial charge in [-0.1, -0.05) is 18.2 Å². The summed E-state index contributed by atoms with van der Waals surface area (Å²) in [5.74, 6) is -0.162. The molecular formula is C10H13ClFNO. The molecule has 0 saturated carbocycles. The summed E-state index contributed by atoms with van der Waals surface area (Å²) < 4.78 is 18.5. The third kappa shape index (κ3) is 2.44. The van der Waals surface area contributed by atoms with Gasteiger partial charge in [-0.3, -0.25) is 0 Å². The van der Waals surface area contributed by atoms with Crippen molar-refractivity contribution in [1.82, 2.24) is 5.32 Å². The van der Waals surface area contributed by atoms with Crippen molar-refractivity contribution in [2.75, 3.05) is 19.8 Å². The van der Waals surface area contributed by atoms with Crippen molar-refractivity contribution in [2.24, 2.45) is 0 Å². The smallest absolute Gasteiger partial charge is 0.128 e. The number of halogens is 2. The molecule has 0 unspecified atom stereocenters. The maximum Gasteiger partial charge on any atom is 0.128 e. The number of rotatable bonds is 1. The van der Waals surface area contributed by atoms with E-state index in [2.05, 4.69) is 5.32 Å². The van der Waals surface area contributed by atoms with E-state index in [9.17, 15) is 4.39 Å². The zero-order valence-electron chi connectivity index (χ0n) is 7.70. The summed E-state index contributed by atoms with van der Waals surface area (Å²) in [4.78, 5) is 0. The highest BCUT2D eigenvalue weighted by atomic mass is 35.5. The second kappa shape index (κ2) is 5.29. The fourth-order valence-electron chi connectivity index (χ4n) is 1.52. The van der Waals surface area contributed by atoms with Gasteiger partial charge >= 0.3 is 0 Å². The van der Waals surface area contributed by atoms with Crippen molar-refractivity contribution in [3.8, 4) is 0 Å². The van der Waals surface area contributed by atoms with E-state index in [1.165, 1.54) is 6.07 Å². The van der Waals surface area contributed by atoms with Crippen LogP contribution in [0.1, 0.15) is 11.6 Å². The Morgan fingerprint density at radius 1 is 1.36 bits per heavy atom. The first kappa shape index (κ1) is 11.4. The molecule has 1 aliphatic rings. The van der Waals surface area contributed by atoms with Gasteiger partial charge in [-0.2, -0.15) is 0 Å². The van der Waals surface area contributed by atoms with Gasteiger partial charge in [0.2, 0.25) is 0 Å². The Balaban J connectivity index is 0.000000980. The lowest BCUT2D eigenvalue weighted by atomic mass is 10.1. The van der Waals surface area contributed by atoms with Crippen LogP contribution < -0.4 is 5.32 Å². The molecule has 2 nitrogen and oxygen atoms in total. The van der Waals surface area contributed by atoms with Crippen LogP contribution in [0.3, 0.4) is 0 Å². The zero-order chi connectivity index (χ0) is 9.10. The molecule has 1 fully saturated rings. The van der Waals surface area contributed by atoms with Crippen LogP contribution in [0.15, 0.2) is 24.3 Å². The Morgan fingerprint density at radius 3 is 2.79 bits per heavy atom. The Bertz CT molecular complexity index is 289. The Morgan fingerprint density at radius 2 is 2.14 bits per heavy atom. The van der Waals surface area contributed by atoms with Crippen LogP contribution in [0.25, 0.3) is 0 Å². The predicted octanol–water partition coefficient (Wildman–Crippen LogP) is 1.91. The molecule has 1 N–H and O–H groups in total. The average molecular weight is 218 g/mol. The van der Waals surface area contributed by atoms with Gasteiger partial charge in [0, 0.05) is 12.1 Å². The zero-order valence-corrected chi connectivity index (χ0v) is 8.52. The third-order valence-corrected chi connectivity index (χ3v) is 2.20. The van der Waals surface area contributed by atoms with Crippen LogP contribution in [-0.2, 0) is 4.74 Å². The monoisotopic (exact) mass is 217 g/mol. The van der Waals surface area contributed by atoms with Crippen molar-refractivity contribution in [1.29, 1.82) is 0 Å². The second-order valence-electron chi connectivity index (χ2n) is 3.10. The Labute approximate surface area is 88.9 Å². The molecule has 1 heterocycles. The minimum atomic E-state index is -0.162. The van der Waals surface area contributed by atoms with Crippen LogP contribution in [0.4, 0.5) is 4.39 Å². The fourth-order valence-corrected chi connectivity index (χ4v) is 1.52. The first-order valence-electron chi connectivity index (χ1n) is 4.43. The van der Waals surface area contributed by atoms with Crippen molar-refractivity contribution >= 4 is 12.4 Å². The lowest BCUT2D eigenvalue weighted by Gasteiger charge is -2.24. The van der Waals surface area contributed by atoms with Gasteiger partial charge in [0.25, 0.3) is 0 Å². The van der Waals surface area contributed by atoms with Gasteiger partial charge in [-0.05, 0) is 6.07 Å². The normalized spacial score (nSPS) is 21.4. The van der Waals surface area contributed by atoms with E-state index in [1.54, 1.807) is 12.1 Å². The van der Waals surface area contributed by atoms with Gasteiger partial charge in [0.15, 0.2) is 0 Å². The van der Waals surface area contributed by atoms with Crippen LogP contribution in [0.5, 0.6) is 0 Å². The molecule has 0 amide bonds. The summed E-state index contributed by atoms with van der Waals surface area (Å²) in [5.41, 5.74) is 0.696. The van der Waals surface area contributed by atoms with Crippen molar-refractivity contribution < 1.29 is 9.13 Å². The van der Waals surface area contributed by atoms with Crippen LogP contribution >= 0.6 is 12.4 Å². The van der Waals surface area contributed by atoms with Crippen LogP contribution in [0.2, 0.25) is 0 Å². The summed E-state index contributed by atoms with van der Waals surface area (Å²) in [6, 6.07) is 6.82. The Kier molecular flexibility index (Phi) is 4.32. The van der Waals surface area contributed by atoms with E-state index < -0.39 is 0 Å². The van der Waals surface area contributed by atoms with E-state index in [1.807, 2.05) is 6.07 Å². The molecular weight excluding hydrogens is 205 g/mol. The maximum absolute atomic E-state index is 13.3. The molecule has 14 heavy (non-hydrogen) atoms. The molecule has 1 atom stereocenters. The standard InChI is InChI=1S/C10H12FNO.ClH/c11-9-4-2-1-3-8(9)10-7-13-6-5-12-10;/h1-4,10,12H,5-7H2;1H/t10-;/m0./s1. The summed E-state index contributed by atoms with van der Waals surface area (Å²) in [6.45, 7) is 2.06. The number of benzene rings is 1. The minimum absolute atomic E-state index is 0. The molecule has 1 aliphatic heterocycles. The van der Waals surface area contributed by atoms with Crippen molar-refractivity contribution in [3.63, 3.8) is 0 Å². The van der Waals surface area contributed by atoms with Gasteiger partial charge in [0.05, 0.1) is 19.3 Å². The topological polar surface area (TPSA) is 21.3 Å². The first-order chi connectivity index (χ1) is 6.38. The number of hydrogen-bond donors (Lipinski definition) is 1. The average Bonchev–Trinajstić information content (AvgIpc) is 2.20. The second-order valence-corrected chi connectivity index (χ2v) is 3.10. The number of morpholine rings is 1. The minimum Gasteiger partial charge on any atom is -0.378 e. The SMILES string of the molecule is Cl.Fc1ccccc1[C@@H]1COCCN1. The van der Waals surface area contributed by atoms with Gasteiger partial charge in [0.1, 0.15) is 5.82 Å². The molecule has 0 bridgehead atoms. The number of hydrogen-bond acceptors (Lipinski definition) is 2. The molecule has 0 aliphatic carbocycles. The van der Waals surface area contributed by atoms with Crippen LogP contribution in [0, 0.1) is 5.82 Å². The van der Waals surface area contributed by atoms with E-state index in [0.29, 0.717) is 18.8 Å². The molecule has 0 aromatic heterocycles. The molecule has 0 spiro atoms. The summed E-state index contributed by atoms with van der Waals surface area (Å²) in [7, 11) is 0. The lowest BCUT2D eigenvalue weighted by molar-refractivity contribution is 0.0757. The highest BCUT2D eigenvalue weighted by molar-refractivity contribution is 5.85. The van der Waals surface area contributed by atoms with E-state index in [0.717, 1.165) is 6.54 Å². The molecule has 1 aromatic carbocycles. The Hall–Kier alpha value is -0.640. The molecule has 1 saturated heterocycles. The van der Waals surface area contributed by atoms with E-state index in [-0.39, 0.29) is 24.3 Å². The molecule has 1 aromatic rings. The molecule has 0 radical (unpaired) electrons. The molecule has 2 rings (SSSR count). The highest BCUT2D eigenvalue weighted by Crippen LogP contribution is 2.18. The van der Waals surface area contributed by atoms with Gasteiger partial charge in [-0.25, -0.2) is 4.39 Å². The lowest BCUT2D eigenvalue weighted by Crippen LogP contribution is -2.35. The van der Waals surface area contributed by atoms with Crippen molar-refractivity contribution in [3.05, 3.63) is 35.6 Å². The summed E-state index contributed by atoms with van der Waals surface area (Å²) in [5, 5.41) is 3.21. The maximum atomic E-state index is 13.3. The quantitative estimate of drug-likeness (QED) is 0.776.